The summed E-state index contributed by atoms with van der Waals surface area (Å²) in [5.74, 6) is -0.573. The van der Waals surface area contributed by atoms with Crippen LogP contribution in [0.15, 0.2) is 52.4 Å². The van der Waals surface area contributed by atoms with Gasteiger partial charge >= 0.3 is 0 Å². The number of nitrogens with zero attached hydrogens (tertiary/aromatic N) is 2. The fourth-order valence-corrected chi connectivity index (χ4v) is 5.78. The maximum Gasteiger partial charge on any atom is 0.248 e. The molecule has 2 N–H and O–H groups in total. The van der Waals surface area contributed by atoms with Crippen LogP contribution in [0.3, 0.4) is 0 Å². The Hall–Kier alpha value is -3.18. The maximum absolute atomic E-state index is 13.7. The van der Waals surface area contributed by atoms with Crippen molar-refractivity contribution >= 4 is 52.3 Å². The van der Waals surface area contributed by atoms with Crippen LogP contribution in [0.5, 0.6) is 0 Å². The topological polar surface area (TPSA) is 105 Å². The highest BCUT2D eigenvalue weighted by atomic mass is 32.2. The number of aryl methyl sites for hydroxylation is 1. The van der Waals surface area contributed by atoms with Gasteiger partial charge in [-0.1, -0.05) is 30.5 Å². The SMILES string of the molecule is Cc1cc(NC(=O)CSCC(=O)N(c2ccc(F)cc2)C(C(=O)NC2CCCCC2)c2cccs2)no1. The monoisotopic (exact) mass is 544 g/mol. The van der Waals surface area contributed by atoms with Crippen LogP contribution in [0.1, 0.15) is 48.8 Å². The van der Waals surface area contributed by atoms with Crippen LogP contribution in [-0.2, 0) is 14.4 Å². The predicted octanol–water partition coefficient (Wildman–Crippen LogP) is 5.08. The first-order valence-corrected chi connectivity index (χ1v) is 14.2. The van der Waals surface area contributed by atoms with Gasteiger partial charge in [0.2, 0.25) is 17.7 Å². The summed E-state index contributed by atoms with van der Waals surface area (Å²) in [5, 5.41) is 11.3. The van der Waals surface area contributed by atoms with Gasteiger partial charge in [-0.3, -0.25) is 19.3 Å². The summed E-state index contributed by atoms with van der Waals surface area (Å²) < 4.78 is 18.7. The van der Waals surface area contributed by atoms with Crippen LogP contribution in [-0.4, -0.2) is 40.4 Å². The summed E-state index contributed by atoms with van der Waals surface area (Å²) in [4.78, 5) is 41.6. The largest absolute Gasteiger partial charge is 0.360 e. The van der Waals surface area contributed by atoms with Crippen LogP contribution in [0, 0.1) is 12.7 Å². The number of aromatic nitrogens is 1. The second-order valence-electron chi connectivity index (χ2n) is 8.87. The van der Waals surface area contributed by atoms with Crippen LogP contribution in [0.25, 0.3) is 0 Å². The Morgan fingerprint density at radius 2 is 1.92 bits per heavy atom. The number of thiophene rings is 1. The van der Waals surface area contributed by atoms with Crippen molar-refractivity contribution in [3.63, 3.8) is 0 Å². The van der Waals surface area contributed by atoms with Crippen molar-refractivity contribution in [3.05, 3.63) is 64.3 Å². The molecule has 1 aromatic carbocycles. The van der Waals surface area contributed by atoms with Crippen molar-refractivity contribution in [2.45, 2.75) is 51.1 Å². The van der Waals surface area contributed by atoms with E-state index in [2.05, 4.69) is 15.8 Å². The second-order valence-corrected chi connectivity index (χ2v) is 10.8. The Morgan fingerprint density at radius 3 is 2.57 bits per heavy atom. The Morgan fingerprint density at radius 1 is 1.16 bits per heavy atom. The summed E-state index contributed by atoms with van der Waals surface area (Å²) >= 11 is 2.50. The number of halogens is 1. The van der Waals surface area contributed by atoms with Crippen LogP contribution in [0.2, 0.25) is 0 Å². The van der Waals surface area contributed by atoms with Gasteiger partial charge in [-0.2, -0.15) is 0 Å². The van der Waals surface area contributed by atoms with Crippen LogP contribution < -0.4 is 15.5 Å². The number of nitrogens with one attached hydrogen (secondary N) is 2. The zero-order chi connectivity index (χ0) is 26.2. The average Bonchev–Trinajstić information content (AvgIpc) is 3.55. The van der Waals surface area contributed by atoms with Gasteiger partial charge in [0, 0.05) is 22.7 Å². The number of amides is 3. The Kier molecular flexibility index (Phi) is 9.34. The van der Waals surface area contributed by atoms with Crippen molar-refractivity contribution in [3.8, 4) is 0 Å². The van der Waals surface area contributed by atoms with Crippen molar-refractivity contribution in [1.82, 2.24) is 10.5 Å². The molecule has 8 nitrogen and oxygen atoms in total. The van der Waals surface area contributed by atoms with E-state index in [1.807, 2.05) is 17.5 Å². The fourth-order valence-electron chi connectivity index (χ4n) is 4.29. The number of anilines is 2. The Bertz CT molecular complexity index is 1190. The van der Waals surface area contributed by atoms with Gasteiger partial charge in [0.05, 0.1) is 11.5 Å². The first kappa shape index (κ1) is 26.9. The van der Waals surface area contributed by atoms with Crippen LogP contribution in [0.4, 0.5) is 15.9 Å². The molecule has 3 amide bonds. The fraction of sp³-hybridized carbons (Fsp3) is 0.385. The van der Waals surface area contributed by atoms with E-state index in [0.717, 1.165) is 43.9 Å². The van der Waals surface area contributed by atoms with Gasteiger partial charge in [-0.15, -0.1) is 23.1 Å². The van der Waals surface area contributed by atoms with Gasteiger partial charge in [-0.05, 0) is 55.5 Å². The molecule has 196 valence electrons. The number of thioether (sulfide) groups is 1. The molecule has 0 aliphatic heterocycles. The number of carbonyl (C=O) groups is 3. The number of hydrogen-bond donors (Lipinski definition) is 2. The molecule has 4 rings (SSSR count). The van der Waals surface area contributed by atoms with E-state index >= 15 is 0 Å². The van der Waals surface area contributed by atoms with E-state index in [1.54, 1.807) is 13.0 Å². The second kappa shape index (κ2) is 12.9. The molecule has 1 aliphatic rings. The highest BCUT2D eigenvalue weighted by Crippen LogP contribution is 2.32. The zero-order valence-corrected chi connectivity index (χ0v) is 22.1. The molecule has 1 fully saturated rings. The molecular formula is C26H29FN4O4S2. The summed E-state index contributed by atoms with van der Waals surface area (Å²) in [6.07, 6.45) is 5.08. The molecule has 1 aliphatic carbocycles. The number of hydrogen-bond acceptors (Lipinski definition) is 7. The molecule has 0 saturated heterocycles. The number of benzene rings is 1. The number of carbonyl (C=O) groups excluding carboxylic acids is 3. The summed E-state index contributed by atoms with van der Waals surface area (Å²) in [7, 11) is 0. The third-order valence-corrected chi connectivity index (χ3v) is 7.84. The van der Waals surface area contributed by atoms with Crippen molar-refractivity contribution in [2.75, 3.05) is 21.7 Å². The molecule has 2 aromatic heterocycles. The first-order valence-electron chi connectivity index (χ1n) is 12.1. The van der Waals surface area contributed by atoms with E-state index in [9.17, 15) is 18.8 Å². The molecule has 3 aromatic rings. The lowest BCUT2D eigenvalue weighted by Gasteiger charge is -2.32. The molecule has 1 unspecified atom stereocenters. The molecule has 11 heteroatoms. The standard InChI is InChI=1S/C26H29FN4O4S2/c1-17-14-22(30-35-17)29-23(32)15-36-16-24(33)31(20-11-9-18(27)10-12-20)25(21-8-5-13-37-21)26(34)28-19-6-3-2-4-7-19/h5,8-14,19,25H,2-4,6-7,15-16H2,1H3,(H,28,34)(H,29,30,32). The number of rotatable bonds is 10. The minimum atomic E-state index is -0.910. The van der Waals surface area contributed by atoms with Gasteiger partial charge in [0.15, 0.2) is 5.82 Å². The third kappa shape index (κ3) is 7.42. The van der Waals surface area contributed by atoms with E-state index in [1.165, 1.54) is 40.5 Å². The highest BCUT2D eigenvalue weighted by molar-refractivity contribution is 8.00. The van der Waals surface area contributed by atoms with E-state index < -0.39 is 11.9 Å². The molecule has 0 radical (unpaired) electrons. The van der Waals surface area contributed by atoms with Crippen LogP contribution >= 0.6 is 23.1 Å². The smallest absolute Gasteiger partial charge is 0.248 e. The van der Waals surface area contributed by atoms with Crippen molar-refractivity contribution < 1.29 is 23.3 Å². The van der Waals surface area contributed by atoms with Crippen molar-refractivity contribution in [1.29, 1.82) is 0 Å². The maximum atomic E-state index is 13.7. The van der Waals surface area contributed by atoms with Crippen molar-refractivity contribution in [2.24, 2.45) is 0 Å². The zero-order valence-electron chi connectivity index (χ0n) is 20.4. The summed E-state index contributed by atoms with van der Waals surface area (Å²) in [5.41, 5.74) is 0.409. The molecule has 37 heavy (non-hydrogen) atoms. The quantitative estimate of drug-likeness (QED) is 0.369. The Labute approximate surface area is 223 Å². The average molecular weight is 545 g/mol. The Balaban J connectivity index is 1.51. The molecule has 1 saturated carbocycles. The van der Waals surface area contributed by atoms with E-state index in [0.29, 0.717) is 22.1 Å². The predicted molar refractivity (Wildman–Crippen MR) is 143 cm³/mol. The molecule has 2 heterocycles. The lowest BCUT2D eigenvalue weighted by atomic mass is 9.95. The molecule has 1 atom stereocenters. The lowest BCUT2D eigenvalue weighted by Crippen LogP contribution is -2.47. The first-order chi connectivity index (χ1) is 17.9. The summed E-state index contributed by atoms with van der Waals surface area (Å²) in [6.45, 7) is 1.72. The van der Waals surface area contributed by atoms with Gasteiger partial charge < -0.3 is 15.2 Å². The van der Waals surface area contributed by atoms with Gasteiger partial charge in [-0.25, -0.2) is 4.39 Å². The van der Waals surface area contributed by atoms with Gasteiger partial charge in [0.25, 0.3) is 0 Å². The molecular weight excluding hydrogens is 515 g/mol. The lowest BCUT2D eigenvalue weighted by molar-refractivity contribution is -0.126. The highest BCUT2D eigenvalue weighted by Gasteiger charge is 2.34. The van der Waals surface area contributed by atoms with Gasteiger partial charge in [0.1, 0.15) is 17.6 Å². The molecule has 0 bridgehead atoms. The van der Waals surface area contributed by atoms with E-state index in [-0.39, 0.29) is 35.3 Å². The normalized spacial score (nSPS) is 14.6. The molecule has 0 spiro atoms. The minimum absolute atomic E-state index is 0.00679. The third-order valence-electron chi connectivity index (χ3n) is 6.00. The van der Waals surface area contributed by atoms with E-state index in [4.69, 9.17) is 4.52 Å². The minimum Gasteiger partial charge on any atom is -0.360 e. The summed E-state index contributed by atoms with van der Waals surface area (Å²) in [6, 6.07) is 9.92.